The molecule has 0 aromatic heterocycles. The molecule has 0 aromatic rings. The molecule has 0 aliphatic carbocycles. The van der Waals surface area contributed by atoms with Gasteiger partial charge in [-0.05, 0) is 32.7 Å². The van der Waals surface area contributed by atoms with E-state index in [1.165, 1.54) is 12.8 Å². The minimum absolute atomic E-state index is 0.218. The Morgan fingerprint density at radius 1 is 1.80 bits per heavy atom. The Morgan fingerprint density at radius 3 is 3.10 bits per heavy atom. The van der Waals surface area contributed by atoms with Crippen molar-refractivity contribution in [2.75, 3.05) is 6.54 Å². The van der Waals surface area contributed by atoms with Crippen LogP contribution in [0.25, 0.3) is 0 Å². The van der Waals surface area contributed by atoms with Gasteiger partial charge in [-0.3, -0.25) is 0 Å². The fourth-order valence-electron chi connectivity index (χ4n) is 1.44. The molecule has 1 saturated heterocycles. The SMILES string of the molecule is CC(CC1CCCN1)NO. The summed E-state index contributed by atoms with van der Waals surface area (Å²) in [5, 5.41) is 11.9. The molecule has 0 aromatic carbocycles. The van der Waals surface area contributed by atoms with Crippen LogP contribution in [0, 0.1) is 0 Å². The monoisotopic (exact) mass is 144 g/mol. The fourth-order valence-corrected chi connectivity index (χ4v) is 1.44. The first-order chi connectivity index (χ1) is 4.83. The van der Waals surface area contributed by atoms with Crippen molar-refractivity contribution >= 4 is 0 Å². The van der Waals surface area contributed by atoms with Crippen LogP contribution >= 0.6 is 0 Å². The van der Waals surface area contributed by atoms with E-state index in [1.807, 2.05) is 6.92 Å². The number of nitrogens with one attached hydrogen (secondary N) is 2. The lowest BCUT2D eigenvalue weighted by Crippen LogP contribution is -2.31. The molecular formula is C7H16N2O. The highest BCUT2D eigenvalue weighted by atomic mass is 16.5. The fraction of sp³-hybridized carbons (Fsp3) is 1.00. The van der Waals surface area contributed by atoms with E-state index in [9.17, 15) is 0 Å². The van der Waals surface area contributed by atoms with Crippen molar-refractivity contribution in [3.05, 3.63) is 0 Å². The molecule has 1 fully saturated rings. The first kappa shape index (κ1) is 7.98. The van der Waals surface area contributed by atoms with Crippen LogP contribution in [-0.2, 0) is 0 Å². The molecular weight excluding hydrogens is 128 g/mol. The summed E-state index contributed by atoms with van der Waals surface area (Å²) in [6, 6.07) is 0.838. The van der Waals surface area contributed by atoms with Crippen LogP contribution in [0.15, 0.2) is 0 Å². The van der Waals surface area contributed by atoms with Crippen LogP contribution in [0.2, 0.25) is 0 Å². The van der Waals surface area contributed by atoms with E-state index in [0.717, 1.165) is 13.0 Å². The number of hydroxylamine groups is 1. The Labute approximate surface area is 61.8 Å². The molecule has 1 aliphatic rings. The van der Waals surface area contributed by atoms with Crippen molar-refractivity contribution in [2.24, 2.45) is 0 Å². The zero-order valence-electron chi connectivity index (χ0n) is 6.43. The van der Waals surface area contributed by atoms with Crippen LogP contribution < -0.4 is 10.8 Å². The maximum Gasteiger partial charge on any atom is 0.0306 e. The number of hydrogen-bond acceptors (Lipinski definition) is 3. The molecule has 0 bridgehead atoms. The van der Waals surface area contributed by atoms with Crippen LogP contribution in [0.4, 0.5) is 0 Å². The topological polar surface area (TPSA) is 44.3 Å². The molecule has 3 nitrogen and oxygen atoms in total. The average Bonchev–Trinajstić information content (AvgIpc) is 2.40. The van der Waals surface area contributed by atoms with Gasteiger partial charge in [0.2, 0.25) is 0 Å². The van der Waals surface area contributed by atoms with Gasteiger partial charge in [0.25, 0.3) is 0 Å². The van der Waals surface area contributed by atoms with Gasteiger partial charge in [0.05, 0.1) is 0 Å². The summed E-state index contributed by atoms with van der Waals surface area (Å²) in [6.07, 6.45) is 3.56. The number of hydrogen-bond donors (Lipinski definition) is 3. The van der Waals surface area contributed by atoms with E-state index in [2.05, 4.69) is 10.8 Å². The van der Waals surface area contributed by atoms with Gasteiger partial charge in [-0.2, -0.15) is 0 Å². The maximum atomic E-state index is 8.52. The highest BCUT2D eigenvalue weighted by molar-refractivity contribution is 4.76. The van der Waals surface area contributed by atoms with Gasteiger partial charge >= 0.3 is 0 Å². The standard InChI is InChI=1S/C7H16N2O/c1-6(9-10)5-7-3-2-4-8-7/h6-10H,2-5H2,1H3. The van der Waals surface area contributed by atoms with Crippen LogP contribution in [0.1, 0.15) is 26.2 Å². The van der Waals surface area contributed by atoms with Crippen molar-refractivity contribution in [1.82, 2.24) is 10.8 Å². The van der Waals surface area contributed by atoms with Crippen molar-refractivity contribution in [1.29, 1.82) is 0 Å². The van der Waals surface area contributed by atoms with Gasteiger partial charge in [-0.15, -0.1) is 0 Å². The third-order valence-electron chi connectivity index (χ3n) is 2.02. The summed E-state index contributed by atoms with van der Waals surface area (Å²) in [5.41, 5.74) is 2.25. The summed E-state index contributed by atoms with van der Waals surface area (Å²) in [6.45, 7) is 3.13. The maximum absolute atomic E-state index is 8.52. The van der Waals surface area contributed by atoms with Crippen LogP contribution in [-0.4, -0.2) is 23.8 Å². The highest BCUT2D eigenvalue weighted by Gasteiger charge is 2.15. The van der Waals surface area contributed by atoms with Crippen LogP contribution in [0.5, 0.6) is 0 Å². The third-order valence-corrected chi connectivity index (χ3v) is 2.02. The predicted molar refractivity (Wildman–Crippen MR) is 40.0 cm³/mol. The second-order valence-electron chi connectivity index (χ2n) is 3.06. The van der Waals surface area contributed by atoms with Crippen molar-refractivity contribution in [3.8, 4) is 0 Å². The van der Waals surface area contributed by atoms with Gasteiger partial charge in [-0.25, -0.2) is 5.48 Å². The van der Waals surface area contributed by atoms with Crippen molar-refractivity contribution in [2.45, 2.75) is 38.3 Å². The lowest BCUT2D eigenvalue weighted by molar-refractivity contribution is 0.124. The highest BCUT2D eigenvalue weighted by Crippen LogP contribution is 2.10. The molecule has 3 N–H and O–H groups in total. The summed E-state index contributed by atoms with van der Waals surface area (Å²) >= 11 is 0. The Bertz CT molecular complexity index is 91.6. The van der Waals surface area contributed by atoms with E-state index in [1.54, 1.807) is 0 Å². The quantitative estimate of drug-likeness (QED) is 0.505. The second kappa shape index (κ2) is 3.91. The van der Waals surface area contributed by atoms with E-state index in [4.69, 9.17) is 5.21 Å². The average molecular weight is 144 g/mol. The zero-order valence-corrected chi connectivity index (χ0v) is 6.43. The molecule has 0 spiro atoms. The molecule has 0 amide bonds. The first-order valence-electron chi connectivity index (χ1n) is 3.96. The van der Waals surface area contributed by atoms with Crippen molar-refractivity contribution < 1.29 is 5.21 Å². The molecule has 10 heavy (non-hydrogen) atoms. The minimum atomic E-state index is 0.218. The lowest BCUT2D eigenvalue weighted by atomic mass is 10.1. The largest absolute Gasteiger partial charge is 0.317 e. The molecule has 1 heterocycles. The van der Waals surface area contributed by atoms with Gasteiger partial charge in [0, 0.05) is 12.1 Å². The second-order valence-corrected chi connectivity index (χ2v) is 3.06. The first-order valence-corrected chi connectivity index (χ1v) is 3.96. The lowest BCUT2D eigenvalue weighted by Gasteiger charge is -2.14. The van der Waals surface area contributed by atoms with Gasteiger partial charge in [0.15, 0.2) is 0 Å². The van der Waals surface area contributed by atoms with Gasteiger partial charge in [0.1, 0.15) is 0 Å². The number of rotatable bonds is 3. The Morgan fingerprint density at radius 2 is 2.60 bits per heavy atom. The molecule has 3 heteroatoms. The van der Waals surface area contributed by atoms with E-state index in [-0.39, 0.29) is 6.04 Å². The predicted octanol–water partition coefficient (Wildman–Crippen LogP) is 0.496. The molecule has 0 radical (unpaired) electrons. The van der Waals surface area contributed by atoms with Gasteiger partial charge in [-0.1, -0.05) is 0 Å². The van der Waals surface area contributed by atoms with E-state index >= 15 is 0 Å². The van der Waals surface area contributed by atoms with E-state index in [0.29, 0.717) is 6.04 Å². The molecule has 60 valence electrons. The summed E-state index contributed by atoms with van der Waals surface area (Å²) in [4.78, 5) is 0. The summed E-state index contributed by atoms with van der Waals surface area (Å²) in [7, 11) is 0. The molecule has 0 saturated carbocycles. The minimum Gasteiger partial charge on any atom is -0.317 e. The van der Waals surface area contributed by atoms with E-state index < -0.39 is 0 Å². The van der Waals surface area contributed by atoms with Crippen LogP contribution in [0.3, 0.4) is 0 Å². The molecule has 1 rings (SSSR count). The zero-order chi connectivity index (χ0) is 7.40. The Kier molecular flexibility index (Phi) is 3.12. The molecule has 1 aliphatic heterocycles. The smallest absolute Gasteiger partial charge is 0.0306 e. The molecule has 2 unspecified atom stereocenters. The van der Waals surface area contributed by atoms with Gasteiger partial charge < -0.3 is 10.5 Å². The van der Waals surface area contributed by atoms with Crippen molar-refractivity contribution in [3.63, 3.8) is 0 Å². The Hall–Kier alpha value is -0.120. The summed E-state index contributed by atoms with van der Waals surface area (Å²) in [5.74, 6) is 0. The Balaban J connectivity index is 2.11. The summed E-state index contributed by atoms with van der Waals surface area (Å²) < 4.78 is 0. The third kappa shape index (κ3) is 2.25. The molecule has 2 atom stereocenters. The normalized spacial score (nSPS) is 28.8.